The van der Waals surface area contributed by atoms with Crippen molar-refractivity contribution >= 4 is 28.9 Å². The summed E-state index contributed by atoms with van der Waals surface area (Å²) in [6.07, 6.45) is 3.58. The Kier molecular flexibility index (Phi) is 4.94. The van der Waals surface area contributed by atoms with Gasteiger partial charge in [0.1, 0.15) is 11.2 Å². The van der Waals surface area contributed by atoms with E-state index < -0.39 is 5.41 Å². The second-order valence-electron chi connectivity index (χ2n) is 7.46. The van der Waals surface area contributed by atoms with Crippen molar-refractivity contribution in [1.82, 2.24) is 0 Å². The van der Waals surface area contributed by atoms with Crippen LogP contribution in [0.3, 0.4) is 0 Å². The summed E-state index contributed by atoms with van der Waals surface area (Å²) in [4.78, 5) is 27.8. The number of hydrogen-bond donors (Lipinski definition) is 2. The molecule has 2 fully saturated rings. The topological polar surface area (TPSA) is 70.7 Å². The van der Waals surface area contributed by atoms with Gasteiger partial charge in [-0.3, -0.25) is 9.59 Å². The van der Waals surface area contributed by atoms with Crippen molar-refractivity contribution in [2.24, 2.45) is 5.41 Å². The van der Waals surface area contributed by atoms with Gasteiger partial charge in [-0.2, -0.15) is 0 Å². The number of nitrogens with zero attached hydrogens (tertiary/aromatic N) is 1. The van der Waals surface area contributed by atoms with Crippen molar-refractivity contribution in [3.8, 4) is 5.75 Å². The molecule has 2 aliphatic rings. The normalized spacial score (nSPS) is 17.1. The molecule has 0 aromatic heterocycles. The molecule has 1 saturated carbocycles. The number of ether oxygens (including phenoxy) is 1. The van der Waals surface area contributed by atoms with Crippen LogP contribution in [0.25, 0.3) is 0 Å². The zero-order valence-corrected chi connectivity index (χ0v) is 16.0. The van der Waals surface area contributed by atoms with E-state index in [1.165, 1.54) is 18.5 Å². The van der Waals surface area contributed by atoms with Crippen LogP contribution in [0.4, 0.5) is 17.1 Å². The van der Waals surface area contributed by atoms with Gasteiger partial charge in [-0.05, 0) is 74.2 Å². The number of anilines is 3. The van der Waals surface area contributed by atoms with E-state index in [0.717, 1.165) is 18.8 Å². The minimum absolute atomic E-state index is 0.243. The summed E-state index contributed by atoms with van der Waals surface area (Å²) in [6.45, 7) is 2.17. The Morgan fingerprint density at radius 3 is 1.82 bits per heavy atom. The highest BCUT2D eigenvalue weighted by molar-refractivity contribution is 6.16. The molecule has 6 heteroatoms. The number of carbonyl (C=O) groups excluding carboxylic acids is 2. The summed E-state index contributed by atoms with van der Waals surface area (Å²) < 4.78 is 5.12. The van der Waals surface area contributed by atoms with Gasteiger partial charge in [0.05, 0.1) is 7.11 Å². The van der Waals surface area contributed by atoms with E-state index in [9.17, 15) is 9.59 Å². The highest BCUT2D eigenvalue weighted by Gasteiger charge is 2.56. The molecule has 2 aromatic rings. The van der Waals surface area contributed by atoms with Crippen LogP contribution < -0.4 is 20.3 Å². The van der Waals surface area contributed by atoms with Crippen LogP contribution in [0, 0.1) is 5.41 Å². The lowest BCUT2D eigenvalue weighted by Crippen LogP contribution is -2.35. The molecule has 0 radical (unpaired) electrons. The Morgan fingerprint density at radius 1 is 0.857 bits per heavy atom. The van der Waals surface area contributed by atoms with Crippen molar-refractivity contribution in [2.45, 2.75) is 25.7 Å². The van der Waals surface area contributed by atoms with Gasteiger partial charge in [0.15, 0.2) is 0 Å². The smallest absolute Gasteiger partial charge is 0.240 e. The number of benzene rings is 2. The summed E-state index contributed by atoms with van der Waals surface area (Å²) >= 11 is 0. The number of hydrogen-bond acceptors (Lipinski definition) is 4. The third-order valence-electron chi connectivity index (χ3n) is 5.56. The number of amides is 2. The lowest BCUT2D eigenvalue weighted by atomic mass is 10.0. The Labute approximate surface area is 164 Å². The zero-order chi connectivity index (χ0) is 19.6. The van der Waals surface area contributed by atoms with Gasteiger partial charge >= 0.3 is 0 Å². The Balaban J connectivity index is 1.38. The fourth-order valence-electron chi connectivity index (χ4n) is 3.59. The summed E-state index contributed by atoms with van der Waals surface area (Å²) in [5.41, 5.74) is 1.57. The van der Waals surface area contributed by atoms with E-state index in [1.807, 2.05) is 24.3 Å². The van der Waals surface area contributed by atoms with Crippen molar-refractivity contribution in [1.29, 1.82) is 0 Å². The number of rotatable bonds is 6. The molecule has 2 aromatic carbocycles. The second-order valence-corrected chi connectivity index (χ2v) is 7.46. The largest absolute Gasteiger partial charge is 0.497 e. The van der Waals surface area contributed by atoms with Gasteiger partial charge in [0.25, 0.3) is 0 Å². The molecular formula is C22H25N3O3. The summed E-state index contributed by atoms with van der Waals surface area (Å²) in [5.74, 6) is 0.213. The molecule has 0 atom stereocenters. The lowest BCUT2D eigenvalue weighted by molar-refractivity contribution is -0.131. The van der Waals surface area contributed by atoms with E-state index in [0.29, 0.717) is 24.3 Å². The molecule has 0 unspecified atom stereocenters. The van der Waals surface area contributed by atoms with Crippen LogP contribution in [0.1, 0.15) is 25.7 Å². The predicted molar refractivity (Wildman–Crippen MR) is 110 cm³/mol. The molecule has 146 valence electrons. The average molecular weight is 379 g/mol. The maximum atomic E-state index is 12.8. The van der Waals surface area contributed by atoms with Gasteiger partial charge in [0.2, 0.25) is 11.8 Å². The van der Waals surface area contributed by atoms with Crippen LogP contribution >= 0.6 is 0 Å². The zero-order valence-electron chi connectivity index (χ0n) is 16.0. The van der Waals surface area contributed by atoms with Crippen LogP contribution in [-0.4, -0.2) is 32.0 Å². The average Bonchev–Trinajstić information content (AvgIpc) is 3.37. The molecule has 2 N–H and O–H groups in total. The van der Waals surface area contributed by atoms with E-state index >= 15 is 0 Å². The number of nitrogens with one attached hydrogen (secondary N) is 2. The molecule has 1 aliphatic heterocycles. The number of methoxy groups -OCH3 is 1. The minimum atomic E-state index is -0.979. The van der Waals surface area contributed by atoms with Crippen molar-refractivity contribution in [3.63, 3.8) is 0 Å². The quantitative estimate of drug-likeness (QED) is 0.752. The summed E-state index contributed by atoms with van der Waals surface area (Å²) in [7, 11) is 1.59. The third-order valence-corrected chi connectivity index (χ3v) is 5.56. The molecular weight excluding hydrogens is 354 g/mol. The van der Waals surface area contributed by atoms with Crippen LogP contribution in [0.2, 0.25) is 0 Å². The van der Waals surface area contributed by atoms with Gasteiger partial charge in [-0.25, -0.2) is 0 Å². The highest BCUT2D eigenvalue weighted by Crippen LogP contribution is 2.47. The van der Waals surface area contributed by atoms with Gasteiger partial charge in [-0.15, -0.1) is 0 Å². The first-order valence-corrected chi connectivity index (χ1v) is 9.73. The van der Waals surface area contributed by atoms with Gasteiger partial charge in [0, 0.05) is 30.2 Å². The minimum Gasteiger partial charge on any atom is -0.497 e. The van der Waals surface area contributed by atoms with Crippen LogP contribution in [0.15, 0.2) is 48.5 Å². The standard InChI is InChI=1S/C22H25N3O3/c1-28-19-10-6-17(7-11-19)24-21(27)22(12-13-22)20(26)23-16-4-8-18(9-5-16)25-14-2-3-15-25/h4-11H,2-3,12-15H2,1H3,(H,23,26)(H,24,27). The van der Waals surface area contributed by atoms with E-state index in [2.05, 4.69) is 15.5 Å². The van der Waals surface area contributed by atoms with Crippen LogP contribution in [0.5, 0.6) is 5.75 Å². The van der Waals surface area contributed by atoms with Gasteiger partial charge in [-0.1, -0.05) is 0 Å². The highest BCUT2D eigenvalue weighted by atomic mass is 16.5. The molecule has 1 heterocycles. The van der Waals surface area contributed by atoms with E-state index in [4.69, 9.17) is 4.74 Å². The van der Waals surface area contributed by atoms with Crippen molar-refractivity contribution in [3.05, 3.63) is 48.5 Å². The number of carbonyl (C=O) groups is 2. The first-order valence-electron chi connectivity index (χ1n) is 9.73. The monoisotopic (exact) mass is 379 g/mol. The Morgan fingerprint density at radius 2 is 1.36 bits per heavy atom. The second kappa shape index (κ2) is 7.54. The van der Waals surface area contributed by atoms with Crippen LogP contribution in [-0.2, 0) is 9.59 Å². The molecule has 1 saturated heterocycles. The first-order chi connectivity index (χ1) is 13.6. The lowest BCUT2D eigenvalue weighted by Gasteiger charge is -2.19. The fourth-order valence-corrected chi connectivity index (χ4v) is 3.59. The molecule has 6 nitrogen and oxygen atoms in total. The third kappa shape index (κ3) is 3.67. The Hall–Kier alpha value is -3.02. The van der Waals surface area contributed by atoms with E-state index in [1.54, 1.807) is 31.4 Å². The fraction of sp³-hybridized carbons (Fsp3) is 0.364. The first kappa shape index (κ1) is 18.3. The molecule has 2 amide bonds. The van der Waals surface area contributed by atoms with Crippen molar-refractivity contribution < 1.29 is 14.3 Å². The molecule has 4 rings (SSSR count). The Bertz CT molecular complexity index is 852. The summed E-state index contributed by atoms with van der Waals surface area (Å²) in [5, 5.41) is 5.76. The van der Waals surface area contributed by atoms with E-state index in [-0.39, 0.29) is 11.8 Å². The molecule has 0 spiro atoms. The van der Waals surface area contributed by atoms with Crippen molar-refractivity contribution in [2.75, 3.05) is 35.7 Å². The SMILES string of the molecule is COc1ccc(NC(=O)C2(C(=O)Nc3ccc(N4CCCC4)cc3)CC2)cc1. The maximum Gasteiger partial charge on any atom is 0.240 e. The maximum absolute atomic E-state index is 12.8. The summed E-state index contributed by atoms with van der Waals surface area (Å²) in [6, 6.07) is 14.9. The van der Waals surface area contributed by atoms with Gasteiger partial charge < -0.3 is 20.3 Å². The molecule has 1 aliphatic carbocycles. The molecule has 0 bridgehead atoms. The molecule has 28 heavy (non-hydrogen) atoms. The predicted octanol–water partition coefficient (Wildman–Crippen LogP) is 3.65.